The highest BCUT2D eigenvalue weighted by atomic mass is 35.5. The minimum Gasteiger partial charge on any atom is -0.368 e. The molecule has 3 rings (SSSR count). The maximum atomic E-state index is 12.2. The van der Waals surface area contributed by atoms with Crippen LogP contribution < -0.4 is 10.2 Å². The van der Waals surface area contributed by atoms with Gasteiger partial charge in [0.05, 0.1) is 11.5 Å². The number of urea groups is 1. The Labute approximate surface area is 141 Å². The largest absolute Gasteiger partial charge is 0.368 e. The SMILES string of the molecule is O=C(NC1CCS(=O)(=O)C1)N1CCN(c2cccc(Cl)c2)CC1. The van der Waals surface area contributed by atoms with Gasteiger partial charge in [0.25, 0.3) is 0 Å². The van der Waals surface area contributed by atoms with E-state index in [1.54, 1.807) is 4.90 Å². The predicted octanol–water partition coefficient (Wildman–Crippen LogP) is 1.36. The Kier molecular flexibility index (Phi) is 4.68. The topological polar surface area (TPSA) is 69.7 Å². The number of rotatable bonds is 2. The molecule has 0 bridgehead atoms. The van der Waals surface area contributed by atoms with Crippen molar-refractivity contribution in [3.8, 4) is 0 Å². The van der Waals surface area contributed by atoms with E-state index in [4.69, 9.17) is 11.6 Å². The fourth-order valence-corrected chi connectivity index (χ4v) is 4.87. The number of hydrogen-bond donors (Lipinski definition) is 1. The number of piperazine rings is 1. The lowest BCUT2D eigenvalue weighted by Gasteiger charge is -2.36. The number of carbonyl (C=O) groups is 1. The van der Waals surface area contributed by atoms with Crippen LogP contribution in [0.4, 0.5) is 10.5 Å². The van der Waals surface area contributed by atoms with Gasteiger partial charge >= 0.3 is 6.03 Å². The Morgan fingerprint density at radius 3 is 2.57 bits per heavy atom. The van der Waals surface area contributed by atoms with E-state index in [2.05, 4.69) is 10.2 Å². The van der Waals surface area contributed by atoms with Crippen LogP contribution in [0.3, 0.4) is 0 Å². The predicted molar refractivity (Wildman–Crippen MR) is 90.8 cm³/mol. The molecule has 126 valence electrons. The molecule has 2 heterocycles. The van der Waals surface area contributed by atoms with E-state index in [9.17, 15) is 13.2 Å². The van der Waals surface area contributed by atoms with Crippen molar-refractivity contribution in [2.24, 2.45) is 0 Å². The third kappa shape index (κ3) is 4.09. The van der Waals surface area contributed by atoms with Gasteiger partial charge < -0.3 is 15.1 Å². The molecule has 1 N–H and O–H groups in total. The number of nitrogens with one attached hydrogen (secondary N) is 1. The van der Waals surface area contributed by atoms with E-state index in [1.165, 1.54) is 0 Å². The molecule has 23 heavy (non-hydrogen) atoms. The van der Waals surface area contributed by atoms with E-state index in [0.29, 0.717) is 24.5 Å². The number of carbonyl (C=O) groups excluding carboxylic acids is 1. The van der Waals surface area contributed by atoms with Crippen LogP contribution >= 0.6 is 11.6 Å². The summed E-state index contributed by atoms with van der Waals surface area (Å²) in [5.41, 5.74) is 1.06. The Balaban J connectivity index is 1.51. The van der Waals surface area contributed by atoms with Gasteiger partial charge in [0.1, 0.15) is 0 Å². The van der Waals surface area contributed by atoms with Crippen LogP contribution in [0.25, 0.3) is 0 Å². The van der Waals surface area contributed by atoms with Crippen molar-refractivity contribution >= 4 is 33.2 Å². The fourth-order valence-electron chi connectivity index (χ4n) is 3.02. The van der Waals surface area contributed by atoms with Crippen LogP contribution in [-0.4, -0.2) is 63.1 Å². The zero-order valence-corrected chi connectivity index (χ0v) is 14.3. The Bertz CT molecular complexity index is 687. The van der Waals surface area contributed by atoms with E-state index >= 15 is 0 Å². The van der Waals surface area contributed by atoms with Gasteiger partial charge in [0, 0.05) is 42.9 Å². The van der Waals surface area contributed by atoms with Gasteiger partial charge in [-0.1, -0.05) is 17.7 Å². The maximum Gasteiger partial charge on any atom is 0.317 e. The average Bonchev–Trinajstić information content (AvgIpc) is 2.86. The lowest BCUT2D eigenvalue weighted by molar-refractivity contribution is 0.191. The minimum absolute atomic E-state index is 0.0568. The van der Waals surface area contributed by atoms with Gasteiger partial charge in [0.2, 0.25) is 0 Å². The highest BCUT2D eigenvalue weighted by Crippen LogP contribution is 2.21. The molecule has 0 saturated carbocycles. The second kappa shape index (κ2) is 6.57. The summed E-state index contributed by atoms with van der Waals surface area (Å²) in [6.45, 7) is 2.68. The van der Waals surface area contributed by atoms with Crippen LogP contribution in [0.2, 0.25) is 5.02 Å². The molecule has 1 atom stereocenters. The summed E-state index contributed by atoms with van der Waals surface area (Å²) in [6.07, 6.45) is 0.510. The standard InChI is InChI=1S/C15H20ClN3O3S/c16-12-2-1-3-14(10-12)18-5-7-19(8-6-18)15(20)17-13-4-9-23(21,22)11-13/h1-3,10,13H,4-9,11H2,(H,17,20). The van der Waals surface area contributed by atoms with E-state index in [0.717, 1.165) is 18.8 Å². The molecule has 0 aromatic heterocycles. The molecule has 2 aliphatic rings. The van der Waals surface area contributed by atoms with Crippen molar-refractivity contribution < 1.29 is 13.2 Å². The number of anilines is 1. The first kappa shape index (κ1) is 16.4. The number of halogens is 1. The molecule has 2 amide bonds. The van der Waals surface area contributed by atoms with Crippen LogP contribution in [-0.2, 0) is 9.84 Å². The molecule has 8 heteroatoms. The second-order valence-corrected chi connectivity index (χ2v) is 8.67. The minimum atomic E-state index is -2.97. The lowest BCUT2D eigenvalue weighted by Crippen LogP contribution is -2.53. The van der Waals surface area contributed by atoms with Gasteiger partial charge in [-0.15, -0.1) is 0 Å². The molecular formula is C15H20ClN3O3S. The first-order valence-electron chi connectivity index (χ1n) is 7.69. The Morgan fingerprint density at radius 1 is 1.22 bits per heavy atom. The van der Waals surface area contributed by atoms with Crippen molar-refractivity contribution in [3.05, 3.63) is 29.3 Å². The second-order valence-electron chi connectivity index (χ2n) is 6.00. The van der Waals surface area contributed by atoms with E-state index < -0.39 is 9.84 Å². The molecule has 1 unspecified atom stereocenters. The van der Waals surface area contributed by atoms with Crippen LogP contribution in [0.5, 0.6) is 0 Å². The molecule has 2 aliphatic heterocycles. The van der Waals surface area contributed by atoms with Crippen molar-refractivity contribution in [1.29, 1.82) is 0 Å². The van der Waals surface area contributed by atoms with Gasteiger partial charge in [-0.3, -0.25) is 0 Å². The molecular weight excluding hydrogens is 338 g/mol. The molecule has 0 radical (unpaired) electrons. The molecule has 0 spiro atoms. The van der Waals surface area contributed by atoms with Crippen LogP contribution in [0.15, 0.2) is 24.3 Å². The monoisotopic (exact) mass is 357 g/mol. The molecule has 2 saturated heterocycles. The summed E-state index contributed by atoms with van der Waals surface area (Å²) in [5.74, 6) is 0.224. The van der Waals surface area contributed by atoms with Crippen molar-refractivity contribution in [2.75, 3.05) is 42.6 Å². The number of hydrogen-bond acceptors (Lipinski definition) is 4. The summed E-state index contributed by atoms with van der Waals surface area (Å²) >= 11 is 6.01. The summed E-state index contributed by atoms with van der Waals surface area (Å²) in [6, 6.07) is 7.25. The number of amides is 2. The van der Waals surface area contributed by atoms with Crippen LogP contribution in [0.1, 0.15) is 6.42 Å². The maximum absolute atomic E-state index is 12.2. The quantitative estimate of drug-likeness (QED) is 0.867. The number of sulfone groups is 1. The van der Waals surface area contributed by atoms with Crippen LogP contribution in [0, 0.1) is 0 Å². The normalized spacial score (nSPS) is 23.8. The lowest BCUT2D eigenvalue weighted by atomic mass is 10.2. The fraction of sp³-hybridized carbons (Fsp3) is 0.533. The Morgan fingerprint density at radius 2 is 1.96 bits per heavy atom. The zero-order chi connectivity index (χ0) is 16.4. The molecule has 0 aliphatic carbocycles. The highest BCUT2D eigenvalue weighted by molar-refractivity contribution is 7.91. The van der Waals surface area contributed by atoms with E-state index in [1.807, 2.05) is 24.3 Å². The van der Waals surface area contributed by atoms with Crippen molar-refractivity contribution in [1.82, 2.24) is 10.2 Å². The molecule has 6 nitrogen and oxygen atoms in total. The van der Waals surface area contributed by atoms with Gasteiger partial charge in [0.15, 0.2) is 9.84 Å². The van der Waals surface area contributed by atoms with Gasteiger partial charge in [-0.25, -0.2) is 13.2 Å². The van der Waals surface area contributed by atoms with Crippen molar-refractivity contribution in [3.63, 3.8) is 0 Å². The zero-order valence-electron chi connectivity index (χ0n) is 12.7. The first-order chi connectivity index (χ1) is 10.9. The third-order valence-electron chi connectivity index (χ3n) is 4.30. The summed E-state index contributed by atoms with van der Waals surface area (Å²) < 4.78 is 22.9. The third-order valence-corrected chi connectivity index (χ3v) is 6.30. The first-order valence-corrected chi connectivity index (χ1v) is 9.89. The summed E-state index contributed by atoms with van der Waals surface area (Å²) in [7, 11) is -2.97. The molecule has 1 aromatic rings. The summed E-state index contributed by atoms with van der Waals surface area (Å²) in [4.78, 5) is 16.2. The smallest absolute Gasteiger partial charge is 0.317 e. The van der Waals surface area contributed by atoms with E-state index in [-0.39, 0.29) is 23.6 Å². The van der Waals surface area contributed by atoms with Crippen molar-refractivity contribution in [2.45, 2.75) is 12.5 Å². The Hall–Kier alpha value is -1.47. The van der Waals surface area contributed by atoms with Gasteiger partial charge in [-0.2, -0.15) is 0 Å². The average molecular weight is 358 g/mol. The highest BCUT2D eigenvalue weighted by Gasteiger charge is 2.30. The number of nitrogens with zero attached hydrogens (tertiary/aromatic N) is 2. The van der Waals surface area contributed by atoms with Gasteiger partial charge in [-0.05, 0) is 24.6 Å². The molecule has 1 aromatic carbocycles. The number of benzene rings is 1. The molecule has 2 fully saturated rings. The summed E-state index contributed by atoms with van der Waals surface area (Å²) in [5, 5.41) is 3.54.